The summed E-state index contributed by atoms with van der Waals surface area (Å²) in [6, 6.07) is 13.9. The number of aryl methyl sites for hydroxylation is 2. The summed E-state index contributed by atoms with van der Waals surface area (Å²) in [5.41, 5.74) is 4.33. The SMILES string of the molecule is COc1c(C)cc(CN(C)CC(=O)N(C)c2ccccc2)cc1C. The Kier molecular flexibility index (Phi) is 5.99. The molecule has 0 aliphatic carbocycles. The second-order valence-corrected chi connectivity index (χ2v) is 6.22. The van der Waals surface area contributed by atoms with Gasteiger partial charge in [0, 0.05) is 19.3 Å². The normalized spacial score (nSPS) is 10.8. The van der Waals surface area contributed by atoms with Crippen molar-refractivity contribution in [3.63, 3.8) is 0 Å². The average Bonchev–Trinajstić information content (AvgIpc) is 2.54. The first-order valence-corrected chi connectivity index (χ1v) is 8.06. The molecule has 0 heterocycles. The zero-order valence-electron chi connectivity index (χ0n) is 15.2. The van der Waals surface area contributed by atoms with Gasteiger partial charge >= 0.3 is 0 Å². The standard InChI is InChI=1S/C20H26N2O2/c1-15-11-17(12-16(2)20(15)24-5)13-21(3)14-19(23)22(4)18-9-7-6-8-10-18/h6-12H,13-14H2,1-5H3. The van der Waals surface area contributed by atoms with E-state index in [-0.39, 0.29) is 5.91 Å². The number of methoxy groups -OCH3 is 1. The molecule has 128 valence electrons. The molecule has 0 radical (unpaired) electrons. The molecule has 0 spiro atoms. The third kappa shape index (κ3) is 4.36. The highest BCUT2D eigenvalue weighted by molar-refractivity contribution is 5.94. The summed E-state index contributed by atoms with van der Waals surface area (Å²) in [4.78, 5) is 16.2. The van der Waals surface area contributed by atoms with E-state index >= 15 is 0 Å². The van der Waals surface area contributed by atoms with Gasteiger partial charge in [0.15, 0.2) is 0 Å². The molecule has 0 aliphatic heterocycles. The summed E-state index contributed by atoms with van der Waals surface area (Å²) in [6.45, 7) is 5.18. The molecule has 0 bridgehead atoms. The minimum Gasteiger partial charge on any atom is -0.496 e. The number of carbonyl (C=O) groups is 1. The summed E-state index contributed by atoms with van der Waals surface area (Å²) < 4.78 is 5.41. The maximum Gasteiger partial charge on any atom is 0.240 e. The van der Waals surface area contributed by atoms with Gasteiger partial charge in [0.05, 0.1) is 13.7 Å². The molecule has 2 aromatic carbocycles. The Labute approximate surface area is 144 Å². The van der Waals surface area contributed by atoms with Crippen LogP contribution in [0.5, 0.6) is 5.75 Å². The molecule has 24 heavy (non-hydrogen) atoms. The minimum atomic E-state index is 0.0747. The van der Waals surface area contributed by atoms with Crippen molar-refractivity contribution >= 4 is 11.6 Å². The topological polar surface area (TPSA) is 32.8 Å². The van der Waals surface area contributed by atoms with Crippen LogP contribution in [0.15, 0.2) is 42.5 Å². The Morgan fingerprint density at radius 1 is 1.04 bits per heavy atom. The molecule has 4 nitrogen and oxygen atoms in total. The van der Waals surface area contributed by atoms with Gasteiger partial charge in [-0.05, 0) is 49.7 Å². The van der Waals surface area contributed by atoms with Crippen molar-refractivity contribution in [3.05, 3.63) is 59.2 Å². The van der Waals surface area contributed by atoms with Crippen molar-refractivity contribution in [1.82, 2.24) is 4.90 Å². The Morgan fingerprint density at radius 2 is 1.62 bits per heavy atom. The molecule has 0 atom stereocenters. The van der Waals surface area contributed by atoms with Crippen molar-refractivity contribution in [2.24, 2.45) is 0 Å². The monoisotopic (exact) mass is 326 g/mol. The minimum absolute atomic E-state index is 0.0747. The lowest BCUT2D eigenvalue weighted by Crippen LogP contribution is -2.36. The molecule has 0 fully saturated rings. The van der Waals surface area contributed by atoms with Crippen LogP contribution in [-0.2, 0) is 11.3 Å². The van der Waals surface area contributed by atoms with Gasteiger partial charge in [-0.3, -0.25) is 9.69 Å². The summed E-state index contributed by atoms with van der Waals surface area (Å²) in [5.74, 6) is 1.01. The summed E-state index contributed by atoms with van der Waals surface area (Å²) in [5, 5.41) is 0. The first kappa shape index (κ1) is 18.0. The van der Waals surface area contributed by atoms with E-state index in [9.17, 15) is 4.79 Å². The number of hydrogen-bond donors (Lipinski definition) is 0. The van der Waals surface area contributed by atoms with Gasteiger partial charge in [-0.2, -0.15) is 0 Å². The number of ether oxygens (including phenoxy) is 1. The van der Waals surface area contributed by atoms with Crippen molar-refractivity contribution < 1.29 is 9.53 Å². The van der Waals surface area contributed by atoms with Gasteiger partial charge in [-0.25, -0.2) is 0 Å². The van der Waals surface area contributed by atoms with Crippen molar-refractivity contribution in [2.75, 3.05) is 32.6 Å². The number of hydrogen-bond acceptors (Lipinski definition) is 3. The maximum atomic E-state index is 12.4. The van der Waals surface area contributed by atoms with Crippen LogP contribution in [0.4, 0.5) is 5.69 Å². The molecular formula is C20H26N2O2. The van der Waals surface area contributed by atoms with Gasteiger partial charge in [-0.15, -0.1) is 0 Å². The number of benzene rings is 2. The van der Waals surface area contributed by atoms with Crippen LogP contribution in [0.25, 0.3) is 0 Å². The maximum absolute atomic E-state index is 12.4. The van der Waals surface area contributed by atoms with Crippen LogP contribution in [0.2, 0.25) is 0 Å². The molecule has 0 saturated carbocycles. The Balaban J connectivity index is 2.00. The quantitative estimate of drug-likeness (QED) is 0.815. The van der Waals surface area contributed by atoms with Gasteiger partial charge < -0.3 is 9.64 Å². The average molecular weight is 326 g/mol. The highest BCUT2D eigenvalue weighted by Crippen LogP contribution is 2.24. The van der Waals surface area contributed by atoms with E-state index in [1.807, 2.05) is 63.2 Å². The number of anilines is 1. The predicted molar refractivity (Wildman–Crippen MR) is 98.7 cm³/mol. The first-order valence-electron chi connectivity index (χ1n) is 8.06. The van der Waals surface area contributed by atoms with E-state index in [1.165, 1.54) is 5.56 Å². The highest BCUT2D eigenvalue weighted by atomic mass is 16.5. The fourth-order valence-corrected chi connectivity index (χ4v) is 2.95. The van der Waals surface area contributed by atoms with Crippen LogP contribution in [-0.4, -0.2) is 38.6 Å². The van der Waals surface area contributed by atoms with Crippen LogP contribution < -0.4 is 9.64 Å². The van der Waals surface area contributed by atoms with Crippen LogP contribution in [0.3, 0.4) is 0 Å². The third-order valence-corrected chi connectivity index (χ3v) is 4.10. The fourth-order valence-electron chi connectivity index (χ4n) is 2.95. The van der Waals surface area contributed by atoms with Gasteiger partial charge in [0.1, 0.15) is 5.75 Å². The summed E-state index contributed by atoms with van der Waals surface area (Å²) in [7, 11) is 5.47. The first-order chi connectivity index (χ1) is 11.4. The highest BCUT2D eigenvalue weighted by Gasteiger charge is 2.14. The molecule has 4 heteroatoms. The van der Waals surface area contributed by atoms with E-state index in [0.717, 1.165) is 29.1 Å². The van der Waals surface area contributed by atoms with Crippen molar-refractivity contribution in [1.29, 1.82) is 0 Å². The molecular weight excluding hydrogens is 300 g/mol. The Hall–Kier alpha value is -2.33. The summed E-state index contributed by atoms with van der Waals surface area (Å²) >= 11 is 0. The van der Waals surface area contributed by atoms with Crippen molar-refractivity contribution in [3.8, 4) is 5.75 Å². The largest absolute Gasteiger partial charge is 0.496 e. The van der Waals surface area contributed by atoms with Gasteiger partial charge in [-0.1, -0.05) is 30.3 Å². The lowest BCUT2D eigenvalue weighted by atomic mass is 10.1. The van der Waals surface area contributed by atoms with Crippen LogP contribution in [0, 0.1) is 13.8 Å². The van der Waals surface area contributed by atoms with Gasteiger partial charge in [0.2, 0.25) is 5.91 Å². The van der Waals surface area contributed by atoms with Crippen molar-refractivity contribution in [2.45, 2.75) is 20.4 Å². The van der Waals surface area contributed by atoms with E-state index in [1.54, 1.807) is 12.0 Å². The second kappa shape index (κ2) is 7.97. The Morgan fingerprint density at radius 3 is 2.17 bits per heavy atom. The van der Waals surface area contributed by atoms with Gasteiger partial charge in [0.25, 0.3) is 0 Å². The molecule has 2 rings (SSSR count). The molecule has 0 aromatic heterocycles. The second-order valence-electron chi connectivity index (χ2n) is 6.22. The van der Waals surface area contributed by atoms with E-state index < -0.39 is 0 Å². The fraction of sp³-hybridized carbons (Fsp3) is 0.350. The molecule has 0 unspecified atom stereocenters. The zero-order chi connectivity index (χ0) is 17.7. The predicted octanol–water partition coefficient (Wildman–Crippen LogP) is 3.41. The third-order valence-electron chi connectivity index (χ3n) is 4.10. The van der Waals surface area contributed by atoms with E-state index in [4.69, 9.17) is 4.74 Å². The zero-order valence-corrected chi connectivity index (χ0v) is 15.2. The van der Waals surface area contributed by atoms with E-state index in [0.29, 0.717) is 6.54 Å². The number of amides is 1. The Bertz CT molecular complexity index is 675. The number of nitrogens with zero attached hydrogens (tertiary/aromatic N) is 2. The molecule has 0 N–H and O–H groups in total. The molecule has 1 amide bonds. The number of rotatable bonds is 6. The van der Waals surface area contributed by atoms with Crippen LogP contribution >= 0.6 is 0 Å². The van der Waals surface area contributed by atoms with E-state index in [2.05, 4.69) is 12.1 Å². The molecule has 0 saturated heterocycles. The number of carbonyl (C=O) groups excluding carboxylic acids is 1. The number of likely N-dealkylation sites (N-methyl/N-ethyl adjacent to an activating group) is 2. The number of para-hydroxylation sites is 1. The van der Waals surface area contributed by atoms with Crippen LogP contribution in [0.1, 0.15) is 16.7 Å². The molecule has 2 aromatic rings. The lowest BCUT2D eigenvalue weighted by molar-refractivity contribution is -0.119. The molecule has 0 aliphatic rings. The summed E-state index contributed by atoms with van der Waals surface area (Å²) in [6.07, 6.45) is 0. The smallest absolute Gasteiger partial charge is 0.240 e. The lowest BCUT2D eigenvalue weighted by Gasteiger charge is -2.22.